The number of hydrogen-bond acceptors (Lipinski definition) is 5. The van der Waals surface area contributed by atoms with Crippen LogP contribution in [0, 0.1) is 0 Å². The van der Waals surface area contributed by atoms with Crippen molar-refractivity contribution in [3.8, 4) is 5.75 Å². The van der Waals surface area contributed by atoms with Gasteiger partial charge in [-0.1, -0.05) is 5.21 Å². The lowest BCUT2D eigenvalue weighted by atomic mass is 10.1. The SMILES string of the molecule is CC(C)(C)OC(=O)N1CC(Oc2ccc3[nH]nnc3c2)C1. The van der Waals surface area contributed by atoms with Gasteiger partial charge in [-0.15, -0.1) is 5.10 Å². The average Bonchev–Trinajstić information content (AvgIpc) is 2.77. The highest BCUT2D eigenvalue weighted by atomic mass is 16.6. The number of likely N-dealkylation sites (tertiary alicyclic amines) is 1. The zero-order chi connectivity index (χ0) is 15.0. The first kappa shape index (κ1) is 13.7. The van der Waals surface area contributed by atoms with E-state index in [0.29, 0.717) is 13.1 Å². The largest absolute Gasteiger partial charge is 0.487 e. The maximum atomic E-state index is 11.8. The molecule has 2 aromatic rings. The van der Waals surface area contributed by atoms with Crippen LogP contribution in [0.1, 0.15) is 20.8 Å². The van der Waals surface area contributed by atoms with Gasteiger partial charge in [-0.05, 0) is 32.9 Å². The predicted molar refractivity (Wildman–Crippen MR) is 76.1 cm³/mol. The van der Waals surface area contributed by atoms with Crippen LogP contribution in [0.15, 0.2) is 18.2 Å². The Balaban J connectivity index is 1.53. The molecule has 0 spiro atoms. The van der Waals surface area contributed by atoms with Crippen molar-refractivity contribution in [2.24, 2.45) is 0 Å². The molecule has 0 aliphatic carbocycles. The van der Waals surface area contributed by atoms with Crippen molar-refractivity contribution < 1.29 is 14.3 Å². The molecular formula is C14H18N4O3. The standard InChI is InChI=1S/C14H18N4O3/c1-14(2,3)21-13(19)18-7-10(8-18)20-9-4-5-11-12(6-9)16-17-15-11/h4-6,10H,7-8H2,1-3H3,(H,15,16,17). The summed E-state index contributed by atoms with van der Waals surface area (Å²) in [5.41, 5.74) is 1.16. The molecular weight excluding hydrogens is 272 g/mol. The number of H-pyrrole nitrogens is 1. The second kappa shape index (κ2) is 4.91. The minimum atomic E-state index is -0.471. The summed E-state index contributed by atoms with van der Waals surface area (Å²) in [6, 6.07) is 5.56. The predicted octanol–water partition coefficient (Wildman–Crippen LogP) is 1.96. The fourth-order valence-electron chi connectivity index (χ4n) is 2.08. The smallest absolute Gasteiger partial charge is 0.410 e. The van der Waals surface area contributed by atoms with Gasteiger partial charge in [0.25, 0.3) is 0 Å². The number of benzene rings is 1. The van der Waals surface area contributed by atoms with E-state index in [9.17, 15) is 4.79 Å². The number of aromatic nitrogens is 3. The highest BCUT2D eigenvalue weighted by Gasteiger charge is 2.35. The summed E-state index contributed by atoms with van der Waals surface area (Å²) in [5.74, 6) is 0.727. The Labute approximate surface area is 122 Å². The third-order valence-corrected chi connectivity index (χ3v) is 3.10. The van der Waals surface area contributed by atoms with Crippen molar-refractivity contribution in [2.75, 3.05) is 13.1 Å². The van der Waals surface area contributed by atoms with Crippen molar-refractivity contribution >= 4 is 17.1 Å². The normalized spacial score (nSPS) is 15.9. The summed E-state index contributed by atoms with van der Waals surface area (Å²) in [5, 5.41) is 10.5. The van der Waals surface area contributed by atoms with E-state index in [0.717, 1.165) is 16.8 Å². The molecule has 2 heterocycles. The molecule has 1 aromatic heterocycles. The van der Waals surface area contributed by atoms with E-state index in [4.69, 9.17) is 9.47 Å². The average molecular weight is 290 g/mol. The number of ether oxygens (including phenoxy) is 2. The molecule has 1 fully saturated rings. The molecule has 1 N–H and O–H groups in total. The Bertz CT molecular complexity index is 656. The fourth-order valence-corrected chi connectivity index (χ4v) is 2.08. The number of rotatable bonds is 2. The molecule has 0 saturated carbocycles. The van der Waals surface area contributed by atoms with Crippen molar-refractivity contribution in [1.29, 1.82) is 0 Å². The summed E-state index contributed by atoms with van der Waals surface area (Å²) >= 11 is 0. The van der Waals surface area contributed by atoms with Crippen molar-refractivity contribution in [3.63, 3.8) is 0 Å². The Morgan fingerprint density at radius 1 is 1.38 bits per heavy atom. The number of hydrogen-bond donors (Lipinski definition) is 1. The van der Waals surface area contributed by atoms with Gasteiger partial charge in [0.05, 0.1) is 18.6 Å². The van der Waals surface area contributed by atoms with E-state index in [2.05, 4.69) is 15.4 Å². The van der Waals surface area contributed by atoms with Gasteiger partial charge in [0.2, 0.25) is 0 Å². The van der Waals surface area contributed by atoms with Gasteiger partial charge in [0.15, 0.2) is 0 Å². The van der Waals surface area contributed by atoms with Gasteiger partial charge in [-0.2, -0.15) is 0 Å². The highest BCUT2D eigenvalue weighted by molar-refractivity contribution is 5.75. The number of amides is 1. The molecule has 1 aromatic carbocycles. The van der Waals surface area contributed by atoms with Gasteiger partial charge >= 0.3 is 6.09 Å². The van der Waals surface area contributed by atoms with Gasteiger partial charge in [0, 0.05) is 6.07 Å². The molecule has 0 bridgehead atoms. The molecule has 21 heavy (non-hydrogen) atoms. The summed E-state index contributed by atoms with van der Waals surface area (Å²) < 4.78 is 11.1. The zero-order valence-corrected chi connectivity index (χ0v) is 12.3. The van der Waals surface area contributed by atoms with Crippen LogP contribution in [-0.2, 0) is 4.74 Å². The molecule has 7 heteroatoms. The molecule has 3 rings (SSSR count). The Hall–Kier alpha value is -2.31. The number of fused-ring (bicyclic) bond motifs is 1. The van der Waals surface area contributed by atoms with Crippen LogP contribution in [0.2, 0.25) is 0 Å². The second-order valence-corrected chi connectivity index (χ2v) is 6.12. The van der Waals surface area contributed by atoms with Gasteiger partial charge in [-0.25, -0.2) is 4.79 Å². The van der Waals surface area contributed by atoms with Crippen molar-refractivity contribution in [3.05, 3.63) is 18.2 Å². The number of nitrogens with one attached hydrogen (secondary N) is 1. The summed E-state index contributed by atoms with van der Waals surface area (Å²) in [4.78, 5) is 13.4. The first-order valence-corrected chi connectivity index (χ1v) is 6.86. The Kier molecular flexibility index (Phi) is 3.19. The second-order valence-electron chi connectivity index (χ2n) is 6.12. The lowest BCUT2D eigenvalue weighted by Gasteiger charge is -2.39. The quantitative estimate of drug-likeness (QED) is 0.914. The molecule has 112 valence electrons. The fraction of sp³-hybridized carbons (Fsp3) is 0.500. The zero-order valence-electron chi connectivity index (χ0n) is 12.3. The number of nitrogens with zero attached hydrogens (tertiary/aromatic N) is 3. The first-order chi connectivity index (χ1) is 9.90. The molecule has 1 saturated heterocycles. The lowest BCUT2D eigenvalue weighted by molar-refractivity contribution is -0.0221. The monoisotopic (exact) mass is 290 g/mol. The third kappa shape index (κ3) is 3.07. The van der Waals surface area contributed by atoms with Crippen LogP contribution < -0.4 is 4.74 Å². The van der Waals surface area contributed by atoms with Crippen LogP contribution in [0.3, 0.4) is 0 Å². The minimum absolute atomic E-state index is 0.0122. The van der Waals surface area contributed by atoms with E-state index < -0.39 is 5.60 Å². The lowest BCUT2D eigenvalue weighted by Crippen LogP contribution is -2.57. The maximum Gasteiger partial charge on any atom is 0.410 e. The van der Waals surface area contributed by atoms with Gasteiger partial charge < -0.3 is 14.4 Å². The number of carbonyl (C=O) groups excluding carboxylic acids is 1. The summed E-state index contributed by atoms with van der Waals surface area (Å²) in [7, 11) is 0. The third-order valence-electron chi connectivity index (χ3n) is 3.10. The first-order valence-electron chi connectivity index (χ1n) is 6.86. The van der Waals surface area contributed by atoms with Crippen LogP contribution in [0.4, 0.5) is 4.79 Å². The molecule has 0 atom stereocenters. The number of aromatic amines is 1. The summed E-state index contributed by atoms with van der Waals surface area (Å²) in [6.07, 6.45) is -0.309. The molecule has 7 nitrogen and oxygen atoms in total. The molecule has 1 aliphatic rings. The minimum Gasteiger partial charge on any atom is -0.487 e. The highest BCUT2D eigenvalue weighted by Crippen LogP contribution is 2.22. The van der Waals surface area contributed by atoms with Gasteiger partial charge in [0.1, 0.15) is 23.0 Å². The van der Waals surface area contributed by atoms with Gasteiger partial charge in [-0.3, -0.25) is 5.10 Å². The molecule has 1 aliphatic heterocycles. The Morgan fingerprint density at radius 2 is 2.14 bits per heavy atom. The number of carbonyl (C=O) groups is 1. The van der Waals surface area contributed by atoms with Crippen LogP contribution in [0.5, 0.6) is 5.75 Å². The van der Waals surface area contributed by atoms with Crippen molar-refractivity contribution in [1.82, 2.24) is 20.3 Å². The van der Waals surface area contributed by atoms with Crippen LogP contribution >= 0.6 is 0 Å². The topological polar surface area (TPSA) is 80.3 Å². The Morgan fingerprint density at radius 3 is 2.86 bits per heavy atom. The van der Waals surface area contributed by atoms with Crippen LogP contribution in [0.25, 0.3) is 11.0 Å². The molecule has 0 unspecified atom stereocenters. The molecule has 0 radical (unpaired) electrons. The van der Waals surface area contributed by atoms with Crippen molar-refractivity contribution in [2.45, 2.75) is 32.5 Å². The summed E-state index contributed by atoms with van der Waals surface area (Å²) in [6.45, 7) is 6.63. The van der Waals surface area contributed by atoms with E-state index in [1.807, 2.05) is 39.0 Å². The van der Waals surface area contributed by atoms with E-state index in [-0.39, 0.29) is 12.2 Å². The van der Waals surface area contributed by atoms with E-state index >= 15 is 0 Å². The van der Waals surface area contributed by atoms with E-state index in [1.54, 1.807) is 4.90 Å². The van der Waals surface area contributed by atoms with Crippen LogP contribution in [-0.4, -0.2) is 51.2 Å². The molecule has 1 amide bonds. The van der Waals surface area contributed by atoms with E-state index in [1.165, 1.54) is 0 Å². The maximum absolute atomic E-state index is 11.8.